The van der Waals surface area contributed by atoms with Crippen molar-refractivity contribution >= 4 is 12.1 Å². The first-order valence-electron chi connectivity index (χ1n) is 9.54. The third-order valence-corrected chi connectivity index (χ3v) is 5.01. The van der Waals surface area contributed by atoms with Crippen LogP contribution >= 0.6 is 0 Å². The van der Waals surface area contributed by atoms with Gasteiger partial charge in [-0.05, 0) is 58.2 Å². The molecule has 8 heteroatoms. The van der Waals surface area contributed by atoms with Gasteiger partial charge in [0.05, 0.1) is 12.7 Å². The van der Waals surface area contributed by atoms with Crippen molar-refractivity contribution in [3.05, 3.63) is 35.4 Å². The minimum Gasteiger partial charge on any atom is -0.465 e. The van der Waals surface area contributed by atoms with E-state index in [9.17, 15) is 23.6 Å². The monoisotopic (exact) mass is 408 g/mol. The van der Waals surface area contributed by atoms with Gasteiger partial charge in [0.15, 0.2) is 17.6 Å². The summed E-state index contributed by atoms with van der Waals surface area (Å²) in [6.07, 6.45) is -0.0936. The molecule has 158 valence electrons. The van der Waals surface area contributed by atoms with E-state index in [-0.39, 0.29) is 32.5 Å². The predicted octanol–water partition coefficient (Wildman–Crippen LogP) is 3.94. The molecular weight excluding hydrogens is 382 g/mol. The van der Waals surface area contributed by atoms with Crippen LogP contribution in [0.4, 0.5) is 13.6 Å². The number of esters is 1. The Labute approximate surface area is 169 Å². The van der Waals surface area contributed by atoms with Gasteiger partial charge in [0.2, 0.25) is 0 Å². The highest BCUT2D eigenvalue weighted by atomic mass is 19.2. The number of amides is 1. The number of ether oxygens (including phenoxy) is 2. The van der Waals surface area contributed by atoms with Crippen LogP contribution in [0.15, 0.2) is 18.2 Å². The minimum atomic E-state index is -1.21. The highest BCUT2D eigenvalue weighted by molar-refractivity contribution is 5.78. The zero-order valence-electron chi connectivity index (χ0n) is 17.1. The third-order valence-electron chi connectivity index (χ3n) is 5.01. The summed E-state index contributed by atoms with van der Waals surface area (Å²) in [6, 6.07) is 5.36. The first-order valence-corrected chi connectivity index (χ1v) is 9.54. The van der Waals surface area contributed by atoms with Gasteiger partial charge in [0.1, 0.15) is 5.60 Å². The molecule has 0 bridgehead atoms. The van der Waals surface area contributed by atoms with Crippen LogP contribution in [0.2, 0.25) is 0 Å². The molecule has 0 spiro atoms. The number of hydrogen-bond donors (Lipinski definition) is 0. The highest BCUT2D eigenvalue weighted by Gasteiger charge is 2.48. The number of piperidine rings is 1. The summed E-state index contributed by atoms with van der Waals surface area (Å²) in [5.74, 6) is -4.00. The number of hydrogen-bond acceptors (Lipinski definition) is 5. The van der Waals surface area contributed by atoms with Crippen LogP contribution in [0.1, 0.15) is 46.1 Å². The summed E-state index contributed by atoms with van der Waals surface area (Å²) in [4.78, 5) is 26.4. The highest BCUT2D eigenvalue weighted by Crippen LogP contribution is 2.43. The molecule has 0 aromatic heterocycles. The second-order valence-corrected chi connectivity index (χ2v) is 8.07. The summed E-state index contributed by atoms with van der Waals surface area (Å²) < 4.78 is 37.9. The fourth-order valence-corrected chi connectivity index (χ4v) is 3.59. The van der Waals surface area contributed by atoms with Gasteiger partial charge in [-0.15, -0.1) is 0 Å². The molecule has 1 heterocycles. The zero-order valence-corrected chi connectivity index (χ0v) is 17.1. The van der Waals surface area contributed by atoms with Crippen molar-refractivity contribution in [3.8, 4) is 6.07 Å². The molecule has 1 fully saturated rings. The lowest BCUT2D eigenvalue weighted by Crippen LogP contribution is -2.51. The first kappa shape index (κ1) is 22.6. The Morgan fingerprint density at radius 3 is 2.34 bits per heavy atom. The van der Waals surface area contributed by atoms with E-state index in [0.717, 1.165) is 12.1 Å². The lowest BCUT2D eigenvalue weighted by atomic mass is 9.64. The summed E-state index contributed by atoms with van der Waals surface area (Å²) in [5.41, 5.74) is -1.43. The van der Waals surface area contributed by atoms with Crippen LogP contribution in [0.25, 0.3) is 0 Å². The number of likely N-dealkylation sites (tertiary alicyclic amines) is 1. The average Bonchev–Trinajstić information content (AvgIpc) is 2.63. The number of halogens is 2. The molecular formula is C21H26F2N2O4. The van der Waals surface area contributed by atoms with Crippen molar-refractivity contribution in [2.45, 2.75) is 51.6 Å². The lowest BCUT2D eigenvalue weighted by molar-refractivity contribution is -0.149. The largest absolute Gasteiger partial charge is 0.465 e. The van der Waals surface area contributed by atoms with Crippen molar-refractivity contribution < 1.29 is 27.8 Å². The number of benzene rings is 1. The minimum absolute atomic E-state index is 0.0922. The van der Waals surface area contributed by atoms with Crippen molar-refractivity contribution in [3.63, 3.8) is 0 Å². The standard InChI is InChI=1S/C21H26F2N2O4/c1-5-28-18(26)15(13-24)21(14-6-7-16(22)17(23)12-14)8-10-25(11-9-21)19(27)29-20(2,3)4/h6-7,12,15H,5,8-11H2,1-4H3. The SMILES string of the molecule is CCOC(=O)C(C#N)C1(c2ccc(F)c(F)c2)CCN(C(=O)OC(C)(C)C)CC1. The smallest absolute Gasteiger partial charge is 0.410 e. The molecule has 1 saturated heterocycles. The molecule has 0 N–H and O–H groups in total. The Kier molecular flexibility index (Phi) is 6.83. The first-order chi connectivity index (χ1) is 13.5. The van der Waals surface area contributed by atoms with Gasteiger partial charge in [-0.3, -0.25) is 4.79 Å². The summed E-state index contributed by atoms with van der Waals surface area (Å²) >= 11 is 0. The molecule has 1 aliphatic heterocycles. The fraction of sp³-hybridized carbons (Fsp3) is 0.571. The topological polar surface area (TPSA) is 79.6 Å². The van der Waals surface area contributed by atoms with Crippen LogP contribution in [0, 0.1) is 28.9 Å². The van der Waals surface area contributed by atoms with E-state index >= 15 is 0 Å². The van der Waals surface area contributed by atoms with Crippen molar-refractivity contribution in [2.24, 2.45) is 5.92 Å². The number of nitrogens with zero attached hydrogens (tertiary/aromatic N) is 2. The van der Waals surface area contributed by atoms with Crippen LogP contribution in [-0.4, -0.2) is 42.3 Å². The van der Waals surface area contributed by atoms with Crippen LogP contribution in [-0.2, 0) is 19.7 Å². The summed E-state index contributed by atoms with van der Waals surface area (Å²) in [5, 5.41) is 9.73. The summed E-state index contributed by atoms with van der Waals surface area (Å²) in [7, 11) is 0. The van der Waals surface area contributed by atoms with Gasteiger partial charge in [-0.2, -0.15) is 5.26 Å². The second-order valence-electron chi connectivity index (χ2n) is 8.07. The molecule has 1 unspecified atom stereocenters. The average molecular weight is 408 g/mol. The third kappa shape index (κ3) is 5.03. The molecule has 1 aromatic carbocycles. The molecule has 1 amide bonds. The molecule has 1 atom stereocenters. The Morgan fingerprint density at radius 1 is 1.24 bits per heavy atom. The number of rotatable bonds is 4. The van der Waals surface area contributed by atoms with Gasteiger partial charge in [0, 0.05) is 18.5 Å². The Morgan fingerprint density at radius 2 is 1.86 bits per heavy atom. The van der Waals surface area contributed by atoms with Crippen LogP contribution in [0.3, 0.4) is 0 Å². The molecule has 6 nitrogen and oxygen atoms in total. The van der Waals surface area contributed by atoms with E-state index in [1.165, 1.54) is 11.0 Å². The molecule has 0 aliphatic carbocycles. The summed E-state index contributed by atoms with van der Waals surface area (Å²) in [6.45, 7) is 7.39. The second kappa shape index (κ2) is 8.76. The van der Waals surface area contributed by atoms with Gasteiger partial charge < -0.3 is 14.4 Å². The van der Waals surface area contributed by atoms with Crippen LogP contribution < -0.4 is 0 Å². The number of carbonyl (C=O) groups excluding carboxylic acids is 2. The quantitative estimate of drug-likeness (QED) is 0.705. The van der Waals surface area contributed by atoms with Crippen molar-refractivity contribution in [1.29, 1.82) is 5.26 Å². The lowest BCUT2D eigenvalue weighted by Gasteiger charge is -2.44. The van der Waals surface area contributed by atoms with Gasteiger partial charge in [-0.25, -0.2) is 13.6 Å². The Balaban J connectivity index is 2.38. The van der Waals surface area contributed by atoms with E-state index in [2.05, 4.69) is 0 Å². The Bertz CT molecular complexity index is 806. The maximum absolute atomic E-state index is 14.0. The van der Waals surface area contributed by atoms with E-state index < -0.39 is 40.6 Å². The van der Waals surface area contributed by atoms with Crippen molar-refractivity contribution in [2.75, 3.05) is 19.7 Å². The molecule has 2 rings (SSSR count). The van der Waals surface area contributed by atoms with E-state index in [4.69, 9.17) is 9.47 Å². The Hall–Kier alpha value is -2.69. The molecule has 0 radical (unpaired) electrons. The number of carbonyl (C=O) groups is 2. The zero-order chi connectivity index (χ0) is 21.8. The predicted molar refractivity (Wildman–Crippen MR) is 101 cm³/mol. The maximum atomic E-state index is 14.0. The van der Waals surface area contributed by atoms with Gasteiger partial charge >= 0.3 is 12.1 Å². The maximum Gasteiger partial charge on any atom is 0.410 e. The molecule has 29 heavy (non-hydrogen) atoms. The molecule has 0 saturated carbocycles. The normalized spacial score (nSPS) is 17.2. The van der Waals surface area contributed by atoms with E-state index in [0.29, 0.717) is 5.56 Å². The van der Waals surface area contributed by atoms with E-state index in [1.54, 1.807) is 27.7 Å². The van der Waals surface area contributed by atoms with Gasteiger partial charge in [0.25, 0.3) is 0 Å². The van der Waals surface area contributed by atoms with Crippen LogP contribution in [0.5, 0.6) is 0 Å². The molecule has 1 aromatic rings. The fourth-order valence-electron chi connectivity index (χ4n) is 3.59. The van der Waals surface area contributed by atoms with E-state index in [1.807, 2.05) is 6.07 Å². The number of nitriles is 1. The van der Waals surface area contributed by atoms with Gasteiger partial charge in [-0.1, -0.05) is 6.07 Å². The molecule has 1 aliphatic rings. The van der Waals surface area contributed by atoms with Crippen molar-refractivity contribution in [1.82, 2.24) is 4.90 Å².